The van der Waals surface area contributed by atoms with E-state index >= 15 is 0 Å². The van der Waals surface area contributed by atoms with Gasteiger partial charge in [-0.3, -0.25) is 9.59 Å². The van der Waals surface area contributed by atoms with E-state index in [1.54, 1.807) is 14.2 Å². The van der Waals surface area contributed by atoms with Crippen LogP contribution in [-0.2, 0) is 29.0 Å². The zero-order valence-corrected chi connectivity index (χ0v) is 22.9. The van der Waals surface area contributed by atoms with Crippen LogP contribution in [-0.4, -0.2) is 32.0 Å². The van der Waals surface area contributed by atoms with E-state index in [2.05, 4.69) is 66.6 Å². The third-order valence-electron chi connectivity index (χ3n) is 6.44. The van der Waals surface area contributed by atoms with Crippen molar-refractivity contribution in [2.75, 3.05) is 19.5 Å². The summed E-state index contributed by atoms with van der Waals surface area (Å²) in [7, 11) is 3.21. The van der Waals surface area contributed by atoms with Crippen molar-refractivity contribution in [2.24, 2.45) is 11.8 Å². The van der Waals surface area contributed by atoms with E-state index in [1.165, 1.54) is 5.56 Å². The highest BCUT2D eigenvalue weighted by atomic mass is 16.5. The number of rotatable bonds is 14. The number of carbonyl (C=O) groups excluding carboxylic acids is 2. The monoisotopic (exact) mass is 514 g/mol. The molecule has 3 rings (SSSR count). The zero-order valence-electron chi connectivity index (χ0n) is 22.9. The van der Waals surface area contributed by atoms with Crippen LogP contribution in [0.15, 0.2) is 78.9 Å². The molecule has 3 aromatic rings. The summed E-state index contributed by atoms with van der Waals surface area (Å²) in [5.41, 5.74) is 4.34. The predicted octanol–water partition coefficient (Wildman–Crippen LogP) is 5.19. The van der Waals surface area contributed by atoms with Gasteiger partial charge in [-0.2, -0.15) is 0 Å². The fourth-order valence-corrected chi connectivity index (χ4v) is 4.36. The fraction of sp³-hybridized carbons (Fsp3) is 0.344. The van der Waals surface area contributed by atoms with Crippen molar-refractivity contribution in [1.82, 2.24) is 10.6 Å². The van der Waals surface area contributed by atoms with Crippen molar-refractivity contribution in [3.8, 4) is 5.75 Å². The summed E-state index contributed by atoms with van der Waals surface area (Å²) in [4.78, 5) is 26.0. The Kier molecular flexibility index (Phi) is 11.2. The standard InChI is InChI=1S/C32H40N3O3/c1-23(2)19-27(16-13-24-11-8-12-28(20-24)34-22-26-9-6-5-7-10-26)31(36)35-30(32(37)33-3)21-25-14-17-29(38-4)18-15-25/h5-12,14-18,20,23,27,30,34H,13,19,21-22H2,1-4H3,(H,33,37)(H,35,36). The van der Waals surface area contributed by atoms with Crippen molar-refractivity contribution in [3.05, 3.63) is 102 Å². The van der Waals surface area contributed by atoms with Crippen LogP contribution in [0.25, 0.3) is 0 Å². The summed E-state index contributed by atoms with van der Waals surface area (Å²) < 4.78 is 5.22. The molecule has 0 aliphatic heterocycles. The quantitative estimate of drug-likeness (QED) is 0.277. The Labute approximate surface area is 227 Å². The van der Waals surface area contributed by atoms with Crippen LogP contribution in [0.5, 0.6) is 5.75 Å². The molecule has 6 nitrogen and oxygen atoms in total. The maximum Gasteiger partial charge on any atom is 0.242 e. The predicted molar refractivity (Wildman–Crippen MR) is 154 cm³/mol. The van der Waals surface area contributed by atoms with E-state index in [1.807, 2.05) is 48.5 Å². The lowest BCUT2D eigenvalue weighted by atomic mass is 9.90. The second kappa shape index (κ2) is 14.8. The van der Waals surface area contributed by atoms with Gasteiger partial charge in [0.25, 0.3) is 0 Å². The van der Waals surface area contributed by atoms with E-state index in [0.717, 1.165) is 29.1 Å². The minimum absolute atomic E-state index is 0.126. The van der Waals surface area contributed by atoms with Crippen molar-refractivity contribution in [3.63, 3.8) is 0 Å². The Bertz CT molecular complexity index is 1150. The molecule has 0 fully saturated rings. The van der Waals surface area contributed by atoms with Gasteiger partial charge in [-0.05, 0) is 66.1 Å². The number of methoxy groups -OCH3 is 1. The Balaban J connectivity index is 1.63. The van der Waals surface area contributed by atoms with Crippen LogP contribution < -0.4 is 20.7 Å². The number of ether oxygens (including phenoxy) is 1. The fourth-order valence-electron chi connectivity index (χ4n) is 4.36. The molecular weight excluding hydrogens is 474 g/mol. The summed E-state index contributed by atoms with van der Waals surface area (Å²) in [6, 6.07) is 25.5. The Morgan fingerprint density at radius 1 is 0.868 bits per heavy atom. The first-order chi connectivity index (χ1) is 18.4. The SMILES string of the molecule is CNC(=O)C(Cc1ccc(OC)cc1)NC(=O)C([CH]Cc1cccc(NCc2ccccc2)c1)CC(C)C. The molecule has 0 heterocycles. The van der Waals surface area contributed by atoms with Crippen molar-refractivity contribution < 1.29 is 14.3 Å². The van der Waals surface area contributed by atoms with Gasteiger partial charge in [-0.15, -0.1) is 0 Å². The lowest BCUT2D eigenvalue weighted by molar-refractivity contribution is -0.130. The second-order valence-electron chi connectivity index (χ2n) is 9.94. The van der Waals surface area contributed by atoms with Gasteiger partial charge in [0.1, 0.15) is 11.8 Å². The lowest BCUT2D eigenvalue weighted by Gasteiger charge is -2.23. The van der Waals surface area contributed by atoms with E-state index in [4.69, 9.17) is 4.74 Å². The first-order valence-corrected chi connectivity index (χ1v) is 13.2. The molecule has 2 atom stereocenters. The third-order valence-corrected chi connectivity index (χ3v) is 6.44. The van der Waals surface area contributed by atoms with Gasteiger partial charge in [0, 0.05) is 31.6 Å². The molecule has 1 radical (unpaired) electrons. The zero-order chi connectivity index (χ0) is 27.3. The Hall–Kier alpha value is -3.80. The van der Waals surface area contributed by atoms with Gasteiger partial charge in [-0.1, -0.05) is 68.4 Å². The van der Waals surface area contributed by atoms with Crippen LogP contribution in [0.1, 0.15) is 37.0 Å². The summed E-state index contributed by atoms with van der Waals surface area (Å²) in [6.45, 7) is 4.97. The number of benzene rings is 3. The lowest BCUT2D eigenvalue weighted by Crippen LogP contribution is -2.49. The first-order valence-electron chi connectivity index (χ1n) is 13.2. The van der Waals surface area contributed by atoms with Crippen LogP contribution in [0, 0.1) is 18.3 Å². The molecule has 201 valence electrons. The van der Waals surface area contributed by atoms with Crippen molar-refractivity contribution in [1.29, 1.82) is 0 Å². The molecule has 0 saturated heterocycles. The van der Waals surface area contributed by atoms with E-state index < -0.39 is 6.04 Å². The number of nitrogens with one attached hydrogen (secondary N) is 3. The number of amides is 2. The molecule has 3 N–H and O–H groups in total. The molecule has 0 aliphatic rings. The number of likely N-dealkylation sites (N-methyl/N-ethyl adjacent to an activating group) is 1. The number of hydrogen-bond donors (Lipinski definition) is 3. The summed E-state index contributed by atoms with van der Waals surface area (Å²) >= 11 is 0. The molecule has 0 aliphatic carbocycles. The van der Waals surface area contributed by atoms with Crippen molar-refractivity contribution in [2.45, 2.75) is 45.7 Å². The van der Waals surface area contributed by atoms with Crippen LogP contribution in [0.4, 0.5) is 5.69 Å². The molecule has 3 aromatic carbocycles. The third kappa shape index (κ3) is 9.25. The first kappa shape index (κ1) is 28.8. The topological polar surface area (TPSA) is 79.5 Å². The van der Waals surface area contributed by atoms with E-state index in [-0.39, 0.29) is 17.7 Å². The van der Waals surface area contributed by atoms with Gasteiger partial charge in [0.2, 0.25) is 11.8 Å². The number of carbonyl (C=O) groups is 2. The molecule has 2 unspecified atom stereocenters. The van der Waals surface area contributed by atoms with Gasteiger partial charge in [0.05, 0.1) is 7.11 Å². The van der Waals surface area contributed by atoms with Crippen LogP contribution in [0.2, 0.25) is 0 Å². The minimum atomic E-state index is -0.658. The van der Waals surface area contributed by atoms with Gasteiger partial charge < -0.3 is 20.7 Å². The molecular formula is C32H40N3O3. The van der Waals surface area contributed by atoms with E-state index in [0.29, 0.717) is 25.2 Å². The molecule has 38 heavy (non-hydrogen) atoms. The van der Waals surface area contributed by atoms with Crippen molar-refractivity contribution >= 4 is 17.5 Å². The average molecular weight is 515 g/mol. The summed E-state index contributed by atoms with van der Waals surface area (Å²) in [5.74, 6) is 0.439. The molecule has 0 saturated carbocycles. The minimum Gasteiger partial charge on any atom is -0.497 e. The highest BCUT2D eigenvalue weighted by Crippen LogP contribution is 2.21. The number of anilines is 1. The maximum absolute atomic E-state index is 13.4. The highest BCUT2D eigenvalue weighted by molar-refractivity contribution is 5.89. The van der Waals surface area contributed by atoms with Crippen LogP contribution >= 0.6 is 0 Å². The smallest absolute Gasteiger partial charge is 0.242 e. The second-order valence-corrected chi connectivity index (χ2v) is 9.94. The Morgan fingerprint density at radius 3 is 2.24 bits per heavy atom. The largest absolute Gasteiger partial charge is 0.497 e. The van der Waals surface area contributed by atoms with Gasteiger partial charge in [-0.25, -0.2) is 0 Å². The van der Waals surface area contributed by atoms with Crippen LogP contribution in [0.3, 0.4) is 0 Å². The molecule has 6 heteroatoms. The normalized spacial score (nSPS) is 12.4. The average Bonchev–Trinajstić information content (AvgIpc) is 2.94. The number of hydrogen-bond acceptors (Lipinski definition) is 4. The molecule has 2 amide bonds. The maximum atomic E-state index is 13.4. The van der Waals surface area contributed by atoms with Gasteiger partial charge >= 0.3 is 0 Å². The van der Waals surface area contributed by atoms with Gasteiger partial charge in [0.15, 0.2) is 0 Å². The molecule has 0 aromatic heterocycles. The molecule has 0 bridgehead atoms. The summed E-state index contributed by atoms with van der Waals surface area (Å²) in [5, 5.41) is 9.17. The highest BCUT2D eigenvalue weighted by Gasteiger charge is 2.26. The van der Waals surface area contributed by atoms with E-state index in [9.17, 15) is 9.59 Å². The Morgan fingerprint density at radius 2 is 1.58 bits per heavy atom. The summed E-state index contributed by atoms with van der Waals surface area (Å²) in [6.07, 6.45) is 3.84. The molecule has 0 spiro atoms.